The Bertz CT molecular complexity index is 499. The topological polar surface area (TPSA) is 54.4 Å². The molecule has 0 amide bonds. The molecule has 1 aromatic heterocycles. The van der Waals surface area contributed by atoms with E-state index in [0.29, 0.717) is 6.54 Å². The van der Waals surface area contributed by atoms with Gasteiger partial charge in [0.05, 0.1) is 17.8 Å². The second kappa shape index (κ2) is 6.06. The molecule has 1 heterocycles. The summed E-state index contributed by atoms with van der Waals surface area (Å²) in [6.45, 7) is 1.89. The van der Waals surface area contributed by atoms with Crippen LogP contribution in [-0.4, -0.2) is 18.1 Å². The zero-order valence-corrected chi connectivity index (χ0v) is 9.60. The van der Waals surface area contributed by atoms with Crippen molar-refractivity contribution < 1.29 is 0 Å². The van der Waals surface area contributed by atoms with Gasteiger partial charge in [0.1, 0.15) is 0 Å². The molecule has 0 radical (unpaired) electrons. The molecule has 2 aromatic rings. The lowest BCUT2D eigenvalue weighted by atomic mass is 10.2. The van der Waals surface area contributed by atoms with Crippen LogP contribution in [-0.2, 0) is 6.54 Å². The average molecular weight is 229 g/mol. The molecule has 0 saturated carbocycles. The Labute approximate surface area is 100 Å². The number of para-hydroxylation sites is 1. The zero-order chi connectivity index (χ0) is 11.9. The fourth-order valence-electron chi connectivity index (χ4n) is 1.69. The molecule has 0 fully saturated rings. The number of benzene rings is 1. The molecule has 4 heteroatoms. The van der Waals surface area contributed by atoms with Gasteiger partial charge >= 0.3 is 0 Å². The standard InChI is InChI=1S/C13H15N3O/c17-15-9-3-8-14-10-12-7-6-11-4-1-2-5-13(11)16-12/h1-2,4-7,14H,3,8-10H2. The van der Waals surface area contributed by atoms with E-state index in [-0.39, 0.29) is 0 Å². The number of fused-ring (bicyclic) bond motifs is 1. The van der Waals surface area contributed by atoms with Gasteiger partial charge in [-0.05, 0) is 25.1 Å². The van der Waals surface area contributed by atoms with Gasteiger partial charge in [0.25, 0.3) is 0 Å². The molecular weight excluding hydrogens is 214 g/mol. The molecule has 0 aliphatic carbocycles. The summed E-state index contributed by atoms with van der Waals surface area (Å²) in [6, 6.07) is 12.2. The van der Waals surface area contributed by atoms with E-state index in [9.17, 15) is 4.91 Å². The first kappa shape index (κ1) is 11.7. The molecule has 88 valence electrons. The second-order valence-electron chi connectivity index (χ2n) is 3.88. The summed E-state index contributed by atoms with van der Waals surface area (Å²) in [5.74, 6) is 0. The predicted octanol–water partition coefficient (Wildman–Crippen LogP) is 2.48. The monoisotopic (exact) mass is 229 g/mol. The van der Waals surface area contributed by atoms with E-state index < -0.39 is 0 Å². The van der Waals surface area contributed by atoms with Gasteiger partial charge in [0.15, 0.2) is 0 Å². The fraction of sp³-hybridized carbons (Fsp3) is 0.308. The van der Waals surface area contributed by atoms with Crippen LogP contribution in [0.25, 0.3) is 10.9 Å². The third kappa shape index (κ3) is 3.32. The number of nitrogens with zero attached hydrogens (tertiary/aromatic N) is 2. The highest BCUT2D eigenvalue weighted by Crippen LogP contribution is 2.11. The van der Waals surface area contributed by atoms with Crippen LogP contribution in [0, 0.1) is 4.91 Å². The van der Waals surface area contributed by atoms with E-state index >= 15 is 0 Å². The highest BCUT2D eigenvalue weighted by Gasteiger charge is 1.97. The number of aromatic nitrogens is 1. The van der Waals surface area contributed by atoms with Crippen molar-refractivity contribution in [1.82, 2.24) is 10.3 Å². The maximum atomic E-state index is 9.89. The maximum absolute atomic E-state index is 9.89. The van der Waals surface area contributed by atoms with E-state index in [2.05, 4.69) is 27.6 Å². The van der Waals surface area contributed by atoms with Gasteiger partial charge < -0.3 is 5.32 Å². The summed E-state index contributed by atoms with van der Waals surface area (Å²) < 4.78 is 0. The van der Waals surface area contributed by atoms with Gasteiger partial charge in [0.2, 0.25) is 0 Å². The van der Waals surface area contributed by atoms with Crippen molar-refractivity contribution in [3.8, 4) is 0 Å². The van der Waals surface area contributed by atoms with Crippen LogP contribution in [0.15, 0.2) is 41.6 Å². The van der Waals surface area contributed by atoms with E-state index in [1.165, 1.54) is 0 Å². The summed E-state index contributed by atoms with van der Waals surface area (Å²) in [6.07, 6.45) is 0.775. The minimum absolute atomic E-state index is 0.373. The van der Waals surface area contributed by atoms with Crippen LogP contribution in [0.2, 0.25) is 0 Å². The first-order valence-corrected chi connectivity index (χ1v) is 5.74. The Morgan fingerprint density at radius 1 is 1.18 bits per heavy atom. The SMILES string of the molecule is O=NCCCNCc1ccc2ccccc2n1. The molecule has 0 unspecified atom stereocenters. The van der Waals surface area contributed by atoms with Crippen LogP contribution in [0.3, 0.4) is 0 Å². The number of pyridine rings is 1. The molecule has 17 heavy (non-hydrogen) atoms. The van der Waals surface area contributed by atoms with Crippen LogP contribution < -0.4 is 5.32 Å². The first-order chi connectivity index (χ1) is 8.40. The quantitative estimate of drug-likeness (QED) is 0.611. The van der Waals surface area contributed by atoms with E-state index in [0.717, 1.165) is 36.1 Å². The van der Waals surface area contributed by atoms with E-state index in [1.54, 1.807) is 0 Å². The Hall–Kier alpha value is -1.81. The normalized spacial score (nSPS) is 10.6. The number of hydrogen-bond donors (Lipinski definition) is 1. The molecule has 2 rings (SSSR count). The summed E-state index contributed by atoms with van der Waals surface area (Å²) in [7, 11) is 0. The molecule has 0 aliphatic heterocycles. The van der Waals surface area contributed by atoms with Crippen molar-refractivity contribution in [2.75, 3.05) is 13.1 Å². The average Bonchev–Trinajstić information content (AvgIpc) is 2.38. The second-order valence-corrected chi connectivity index (χ2v) is 3.88. The molecule has 0 saturated heterocycles. The van der Waals surface area contributed by atoms with Gasteiger partial charge in [-0.1, -0.05) is 29.4 Å². The largest absolute Gasteiger partial charge is 0.311 e. The molecule has 0 atom stereocenters. The van der Waals surface area contributed by atoms with Gasteiger partial charge in [-0.3, -0.25) is 4.98 Å². The molecule has 1 aromatic carbocycles. The maximum Gasteiger partial charge on any atom is 0.0823 e. The summed E-state index contributed by atoms with van der Waals surface area (Å²) in [4.78, 5) is 14.4. The molecule has 4 nitrogen and oxygen atoms in total. The minimum atomic E-state index is 0.373. The lowest BCUT2D eigenvalue weighted by molar-refractivity contribution is 0.647. The van der Waals surface area contributed by atoms with Crippen molar-refractivity contribution in [2.24, 2.45) is 5.18 Å². The highest BCUT2D eigenvalue weighted by atomic mass is 16.3. The number of hydrogen-bond acceptors (Lipinski definition) is 4. The molecule has 0 aliphatic rings. The fourth-order valence-corrected chi connectivity index (χ4v) is 1.69. The van der Waals surface area contributed by atoms with Crippen LogP contribution >= 0.6 is 0 Å². The predicted molar refractivity (Wildman–Crippen MR) is 68.7 cm³/mol. The Morgan fingerprint density at radius 3 is 2.94 bits per heavy atom. The van der Waals surface area contributed by atoms with Crippen molar-refractivity contribution in [3.63, 3.8) is 0 Å². The summed E-state index contributed by atoms with van der Waals surface area (Å²) in [5, 5.41) is 7.21. The van der Waals surface area contributed by atoms with Gasteiger partial charge in [-0.2, -0.15) is 4.91 Å². The van der Waals surface area contributed by atoms with Crippen molar-refractivity contribution >= 4 is 10.9 Å². The summed E-state index contributed by atoms with van der Waals surface area (Å²) in [5.41, 5.74) is 2.03. The molecule has 0 spiro atoms. The Kier molecular flexibility index (Phi) is 4.16. The van der Waals surface area contributed by atoms with Gasteiger partial charge in [-0.15, -0.1) is 0 Å². The van der Waals surface area contributed by atoms with E-state index in [1.807, 2.05) is 24.3 Å². The number of nitrogens with one attached hydrogen (secondary N) is 1. The van der Waals surface area contributed by atoms with Gasteiger partial charge in [0, 0.05) is 11.9 Å². The third-order valence-electron chi connectivity index (χ3n) is 2.57. The summed E-state index contributed by atoms with van der Waals surface area (Å²) >= 11 is 0. The lowest BCUT2D eigenvalue weighted by Crippen LogP contribution is -2.16. The third-order valence-corrected chi connectivity index (χ3v) is 2.57. The zero-order valence-electron chi connectivity index (χ0n) is 9.60. The first-order valence-electron chi connectivity index (χ1n) is 5.74. The number of nitroso groups, excluding NO2 is 1. The van der Waals surface area contributed by atoms with Crippen LogP contribution in [0.4, 0.5) is 0 Å². The Balaban J connectivity index is 1.92. The van der Waals surface area contributed by atoms with E-state index in [4.69, 9.17) is 0 Å². The lowest BCUT2D eigenvalue weighted by Gasteiger charge is -2.04. The Morgan fingerprint density at radius 2 is 2.06 bits per heavy atom. The molecule has 0 bridgehead atoms. The van der Waals surface area contributed by atoms with Crippen molar-refractivity contribution in [1.29, 1.82) is 0 Å². The highest BCUT2D eigenvalue weighted by molar-refractivity contribution is 5.78. The number of rotatable bonds is 6. The van der Waals surface area contributed by atoms with Crippen LogP contribution in [0.1, 0.15) is 12.1 Å². The van der Waals surface area contributed by atoms with Crippen LogP contribution in [0.5, 0.6) is 0 Å². The smallest absolute Gasteiger partial charge is 0.0823 e. The minimum Gasteiger partial charge on any atom is -0.311 e. The molecular formula is C13H15N3O. The van der Waals surface area contributed by atoms with Crippen molar-refractivity contribution in [2.45, 2.75) is 13.0 Å². The molecule has 1 N–H and O–H groups in total. The van der Waals surface area contributed by atoms with Gasteiger partial charge in [-0.25, -0.2) is 0 Å². The van der Waals surface area contributed by atoms with Crippen molar-refractivity contribution in [3.05, 3.63) is 47.0 Å².